The topological polar surface area (TPSA) is 64.6 Å². The Kier molecular flexibility index (Phi) is 4.05. The average molecular weight is 291 g/mol. The van der Waals surface area contributed by atoms with Crippen LogP contribution in [-0.4, -0.2) is 52.2 Å². The standard InChI is InChI=1S/C15H21N3O3/c1-2-3-14(19)18-10-15(11-18)8-12(4-7-20-15)21-13-9-16-5-6-17-13/h5-6,9,12H,2-4,7-8,10-11H2,1H3/t12-/m0/s1. The van der Waals surface area contributed by atoms with Crippen LogP contribution in [0.5, 0.6) is 5.88 Å². The Hall–Kier alpha value is -1.69. The Bertz CT molecular complexity index is 488. The highest BCUT2D eigenvalue weighted by Gasteiger charge is 2.49. The molecular weight excluding hydrogens is 270 g/mol. The number of aromatic nitrogens is 2. The van der Waals surface area contributed by atoms with Gasteiger partial charge >= 0.3 is 0 Å². The minimum atomic E-state index is -0.214. The molecule has 1 spiro atoms. The van der Waals surface area contributed by atoms with E-state index in [1.807, 2.05) is 11.8 Å². The Morgan fingerprint density at radius 3 is 3.10 bits per heavy atom. The second-order valence-electron chi connectivity index (χ2n) is 5.81. The number of nitrogens with zero attached hydrogens (tertiary/aromatic N) is 3. The van der Waals surface area contributed by atoms with Crippen LogP contribution in [0.4, 0.5) is 0 Å². The van der Waals surface area contributed by atoms with E-state index in [1.165, 1.54) is 0 Å². The van der Waals surface area contributed by atoms with E-state index >= 15 is 0 Å². The van der Waals surface area contributed by atoms with Crippen LogP contribution >= 0.6 is 0 Å². The van der Waals surface area contributed by atoms with Crippen molar-refractivity contribution in [1.82, 2.24) is 14.9 Å². The van der Waals surface area contributed by atoms with Gasteiger partial charge in [0.25, 0.3) is 0 Å². The van der Waals surface area contributed by atoms with E-state index in [1.54, 1.807) is 18.6 Å². The first-order valence-corrected chi connectivity index (χ1v) is 7.55. The smallest absolute Gasteiger partial charge is 0.232 e. The second kappa shape index (κ2) is 5.97. The SMILES string of the molecule is CCCC(=O)N1CC2(C[C@@H](Oc3cnccn3)CCO2)C1. The maximum absolute atomic E-state index is 11.8. The van der Waals surface area contributed by atoms with E-state index in [9.17, 15) is 4.79 Å². The summed E-state index contributed by atoms with van der Waals surface area (Å²) in [5, 5.41) is 0. The number of likely N-dealkylation sites (tertiary alicyclic amines) is 1. The molecule has 1 amide bonds. The monoisotopic (exact) mass is 291 g/mol. The van der Waals surface area contributed by atoms with Crippen LogP contribution in [0.1, 0.15) is 32.6 Å². The number of amides is 1. The molecule has 6 heteroatoms. The Morgan fingerprint density at radius 1 is 1.52 bits per heavy atom. The molecule has 2 saturated heterocycles. The first-order chi connectivity index (χ1) is 10.2. The van der Waals surface area contributed by atoms with Crippen molar-refractivity contribution in [3.05, 3.63) is 18.6 Å². The Balaban J connectivity index is 1.54. The Morgan fingerprint density at radius 2 is 2.38 bits per heavy atom. The third-order valence-corrected chi connectivity index (χ3v) is 4.05. The molecule has 0 unspecified atom stereocenters. The molecule has 3 rings (SSSR count). The van der Waals surface area contributed by atoms with Crippen molar-refractivity contribution in [2.45, 2.75) is 44.3 Å². The average Bonchev–Trinajstić information content (AvgIpc) is 2.46. The van der Waals surface area contributed by atoms with Crippen molar-refractivity contribution in [2.75, 3.05) is 19.7 Å². The van der Waals surface area contributed by atoms with Crippen molar-refractivity contribution >= 4 is 5.91 Å². The van der Waals surface area contributed by atoms with Crippen LogP contribution in [0.25, 0.3) is 0 Å². The predicted molar refractivity (Wildman–Crippen MR) is 75.9 cm³/mol. The summed E-state index contributed by atoms with van der Waals surface area (Å²) in [5.74, 6) is 0.779. The first kappa shape index (κ1) is 14.3. The molecule has 0 aliphatic carbocycles. The van der Waals surface area contributed by atoms with E-state index in [0.717, 1.165) is 19.3 Å². The molecule has 0 saturated carbocycles. The lowest BCUT2D eigenvalue weighted by atomic mass is 9.84. The summed E-state index contributed by atoms with van der Waals surface area (Å²) < 4.78 is 11.8. The van der Waals surface area contributed by atoms with Gasteiger partial charge < -0.3 is 14.4 Å². The summed E-state index contributed by atoms with van der Waals surface area (Å²) >= 11 is 0. The third-order valence-electron chi connectivity index (χ3n) is 4.05. The maximum Gasteiger partial charge on any atom is 0.232 e. The molecule has 2 aliphatic heterocycles. The lowest BCUT2D eigenvalue weighted by molar-refractivity contribution is -0.193. The fourth-order valence-corrected chi connectivity index (χ4v) is 3.02. The number of hydrogen-bond acceptors (Lipinski definition) is 5. The molecule has 2 aliphatic rings. The van der Waals surface area contributed by atoms with Crippen LogP contribution in [0.2, 0.25) is 0 Å². The van der Waals surface area contributed by atoms with Gasteiger partial charge in [-0.25, -0.2) is 4.98 Å². The molecule has 2 fully saturated rings. The molecule has 0 bridgehead atoms. The second-order valence-corrected chi connectivity index (χ2v) is 5.81. The molecule has 0 N–H and O–H groups in total. The van der Waals surface area contributed by atoms with Crippen LogP contribution in [0, 0.1) is 0 Å². The molecule has 0 aromatic carbocycles. The van der Waals surface area contributed by atoms with Gasteiger partial charge in [0.05, 0.1) is 25.9 Å². The van der Waals surface area contributed by atoms with E-state index < -0.39 is 0 Å². The van der Waals surface area contributed by atoms with Crippen LogP contribution in [0.3, 0.4) is 0 Å². The number of ether oxygens (including phenoxy) is 2. The van der Waals surface area contributed by atoms with Gasteiger partial charge in [0.15, 0.2) is 0 Å². The van der Waals surface area contributed by atoms with Gasteiger partial charge in [-0.05, 0) is 6.42 Å². The van der Waals surface area contributed by atoms with Crippen molar-refractivity contribution < 1.29 is 14.3 Å². The summed E-state index contributed by atoms with van der Waals surface area (Å²) in [6.45, 7) is 4.06. The molecule has 114 valence electrons. The highest BCUT2D eigenvalue weighted by molar-refractivity contribution is 5.77. The Labute approximate surface area is 124 Å². The van der Waals surface area contributed by atoms with Crippen LogP contribution in [-0.2, 0) is 9.53 Å². The lowest BCUT2D eigenvalue weighted by Crippen LogP contribution is -2.67. The molecule has 6 nitrogen and oxygen atoms in total. The summed E-state index contributed by atoms with van der Waals surface area (Å²) in [5.41, 5.74) is -0.214. The van der Waals surface area contributed by atoms with Gasteiger partial charge in [-0.15, -0.1) is 0 Å². The van der Waals surface area contributed by atoms with E-state index in [4.69, 9.17) is 9.47 Å². The van der Waals surface area contributed by atoms with Gasteiger partial charge in [-0.3, -0.25) is 9.78 Å². The quantitative estimate of drug-likeness (QED) is 0.839. The number of hydrogen-bond donors (Lipinski definition) is 0. The minimum Gasteiger partial charge on any atom is -0.473 e. The number of carbonyl (C=O) groups excluding carboxylic acids is 1. The van der Waals surface area contributed by atoms with E-state index in [0.29, 0.717) is 32.0 Å². The zero-order valence-electron chi connectivity index (χ0n) is 12.3. The van der Waals surface area contributed by atoms with E-state index in [2.05, 4.69) is 9.97 Å². The van der Waals surface area contributed by atoms with Gasteiger partial charge in [0.1, 0.15) is 11.7 Å². The highest BCUT2D eigenvalue weighted by Crippen LogP contribution is 2.35. The van der Waals surface area contributed by atoms with Gasteiger partial charge in [-0.1, -0.05) is 6.92 Å². The van der Waals surface area contributed by atoms with Gasteiger partial charge in [-0.2, -0.15) is 0 Å². The van der Waals surface area contributed by atoms with Crippen molar-refractivity contribution in [2.24, 2.45) is 0 Å². The fraction of sp³-hybridized carbons (Fsp3) is 0.667. The third kappa shape index (κ3) is 3.15. The summed E-state index contributed by atoms with van der Waals surface area (Å²) in [6, 6.07) is 0. The van der Waals surface area contributed by atoms with Crippen molar-refractivity contribution in [3.8, 4) is 5.88 Å². The molecule has 0 radical (unpaired) electrons. The maximum atomic E-state index is 11.8. The summed E-state index contributed by atoms with van der Waals surface area (Å²) in [6.07, 6.45) is 8.12. The molecule has 21 heavy (non-hydrogen) atoms. The number of rotatable bonds is 4. The summed E-state index contributed by atoms with van der Waals surface area (Å²) in [4.78, 5) is 21.9. The molecule has 1 aromatic rings. The van der Waals surface area contributed by atoms with Crippen molar-refractivity contribution in [3.63, 3.8) is 0 Å². The van der Waals surface area contributed by atoms with Gasteiger partial charge in [0.2, 0.25) is 11.8 Å². The largest absolute Gasteiger partial charge is 0.473 e. The normalized spacial score (nSPS) is 23.7. The zero-order valence-corrected chi connectivity index (χ0v) is 12.3. The van der Waals surface area contributed by atoms with Crippen LogP contribution in [0.15, 0.2) is 18.6 Å². The first-order valence-electron chi connectivity index (χ1n) is 7.55. The highest BCUT2D eigenvalue weighted by atomic mass is 16.5. The minimum absolute atomic E-state index is 0.0823. The fourth-order valence-electron chi connectivity index (χ4n) is 3.02. The zero-order chi connectivity index (χ0) is 14.7. The molecule has 1 atom stereocenters. The molecular formula is C15H21N3O3. The van der Waals surface area contributed by atoms with E-state index in [-0.39, 0.29) is 17.6 Å². The van der Waals surface area contributed by atoms with Crippen molar-refractivity contribution in [1.29, 1.82) is 0 Å². The lowest BCUT2D eigenvalue weighted by Gasteiger charge is -2.52. The molecule has 3 heterocycles. The predicted octanol–water partition coefficient (Wildman–Crippen LogP) is 1.42. The van der Waals surface area contributed by atoms with Gasteiger partial charge in [0, 0.05) is 31.7 Å². The summed E-state index contributed by atoms with van der Waals surface area (Å²) in [7, 11) is 0. The number of carbonyl (C=O) groups is 1. The van der Waals surface area contributed by atoms with Crippen LogP contribution < -0.4 is 4.74 Å². The molecule has 1 aromatic heterocycles.